The summed E-state index contributed by atoms with van der Waals surface area (Å²) in [5, 5.41) is 5.49. The molecule has 0 fully saturated rings. The summed E-state index contributed by atoms with van der Waals surface area (Å²) < 4.78 is 0. The molecule has 0 aliphatic heterocycles. The molecule has 5 aliphatic carbocycles. The zero-order chi connectivity index (χ0) is 35.5. The van der Waals surface area contributed by atoms with Crippen molar-refractivity contribution in [2.24, 2.45) is 5.92 Å². The van der Waals surface area contributed by atoms with Crippen LogP contribution in [0.1, 0.15) is 59.2 Å². The first-order valence-corrected chi connectivity index (χ1v) is 19.5. The van der Waals surface area contributed by atoms with E-state index in [1.807, 2.05) is 0 Å². The molecule has 1 unspecified atom stereocenters. The van der Waals surface area contributed by atoms with E-state index < -0.39 is 0 Å². The maximum atomic E-state index is 2.52. The summed E-state index contributed by atoms with van der Waals surface area (Å²) >= 11 is 0. The summed E-state index contributed by atoms with van der Waals surface area (Å²) in [5.74, 6) is 0.295. The Hall–Kier alpha value is -6.24. The van der Waals surface area contributed by atoms with Gasteiger partial charge in [-0.2, -0.15) is 0 Å². The summed E-state index contributed by atoms with van der Waals surface area (Å²) in [4.78, 5) is 0. The van der Waals surface area contributed by atoms with Gasteiger partial charge in [0.15, 0.2) is 0 Å². The normalized spacial score (nSPS) is 17.8. The summed E-state index contributed by atoms with van der Waals surface area (Å²) in [5.41, 5.74) is 23.7. The van der Waals surface area contributed by atoms with Crippen molar-refractivity contribution in [2.75, 3.05) is 0 Å². The average Bonchev–Trinajstić information content (AvgIpc) is 3.88. The Labute approximate surface area is 315 Å². The van der Waals surface area contributed by atoms with Gasteiger partial charge >= 0.3 is 0 Å². The largest absolute Gasteiger partial charge is 0.0619 e. The smallest absolute Gasteiger partial charge is 0.0541 e. The average molecular weight is 685 g/mol. The van der Waals surface area contributed by atoms with Crippen molar-refractivity contribution in [1.29, 1.82) is 0 Å². The Balaban J connectivity index is 1.02. The van der Waals surface area contributed by atoms with E-state index in [1.165, 1.54) is 116 Å². The van der Waals surface area contributed by atoms with Gasteiger partial charge in [-0.15, -0.1) is 0 Å². The van der Waals surface area contributed by atoms with Gasteiger partial charge in [0.2, 0.25) is 0 Å². The predicted octanol–water partition coefficient (Wildman–Crippen LogP) is 11.5. The highest BCUT2D eigenvalue weighted by Gasteiger charge is 2.57. The lowest BCUT2D eigenvalue weighted by molar-refractivity contribution is 0.498. The van der Waals surface area contributed by atoms with Crippen LogP contribution < -0.4 is 10.4 Å². The van der Waals surface area contributed by atoms with Crippen LogP contribution in [0.15, 0.2) is 164 Å². The van der Waals surface area contributed by atoms with E-state index in [4.69, 9.17) is 0 Å². The number of hydrogen-bond donors (Lipinski definition) is 0. The SMILES string of the molecule is CC1(C)c2ccccc2-c2cc(-c3ccc4cc5c(cc4c3)C3=c4c-5cccc4=C4c5ccccc5C5(c6ccccc6-c6ccccc65)C4C3)ccc21. The first-order valence-electron chi connectivity index (χ1n) is 19.5. The van der Waals surface area contributed by atoms with Crippen LogP contribution in [0.3, 0.4) is 0 Å². The van der Waals surface area contributed by atoms with Gasteiger partial charge in [-0.05, 0) is 146 Å². The monoisotopic (exact) mass is 684 g/mol. The molecule has 0 aromatic heterocycles. The van der Waals surface area contributed by atoms with Crippen LogP contribution in [-0.4, -0.2) is 0 Å². The Bertz CT molecular complexity index is 3120. The van der Waals surface area contributed by atoms with E-state index in [0.717, 1.165) is 6.42 Å². The molecule has 0 heteroatoms. The lowest BCUT2D eigenvalue weighted by Gasteiger charge is -2.37. The van der Waals surface area contributed by atoms with E-state index >= 15 is 0 Å². The molecule has 0 N–H and O–H groups in total. The van der Waals surface area contributed by atoms with Crippen LogP contribution in [0.25, 0.3) is 66.4 Å². The summed E-state index contributed by atoms with van der Waals surface area (Å²) in [6.07, 6.45) is 1.01. The number of benzene rings is 8. The lowest BCUT2D eigenvalue weighted by atomic mass is 9.64. The molecule has 0 amide bonds. The van der Waals surface area contributed by atoms with Crippen molar-refractivity contribution in [3.05, 3.63) is 213 Å². The molecule has 0 radical (unpaired) electrons. The molecule has 1 atom stereocenters. The number of hydrogen-bond acceptors (Lipinski definition) is 0. The Morgan fingerprint density at radius 1 is 0.407 bits per heavy atom. The fraction of sp³-hybridized carbons (Fsp3) is 0.111. The van der Waals surface area contributed by atoms with Gasteiger partial charge in [-0.3, -0.25) is 0 Å². The fourth-order valence-electron chi connectivity index (χ4n) is 11.9. The maximum Gasteiger partial charge on any atom is 0.0541 e. The van der Waals surface area contributed by atoms with E-state index in [-0.39, 0.29) is 10.8 Å². The molecule has 8 aromatic rings. The molecular formula is C54H36. The minimum absolute atomic E-state index is 0.0126. The van der Waals surface area contributed by atoms with Gasteiger partial charge < -0.3 is 0 Å². The van der Waals surface area contributed by atoms with Gasteiger partial charge in [-0.25, -0.2) is 0 Å². The zero-order valence-electron chi connectivity index (χ0n) is 30.4. The third kappa shape index (κ3) is 3.34. The summed E-state index contributed by atoms with van der Waals surface area (Å²) in [6, 6.07) is 63.1. The highest BCUT2D eigenvalue weighted by molar-refractivity contribution is 6.02. The quantitative estimate of drug-likeness (QED) is 0.161. The topological polar surface area (TPSA) is 0 Å². The maximum absolute atomic E-state index is 2.52. The van der Waals surface area contributed by atoms with Gasteiger partial charge in [0, 0.05) is 11.3 Å². The van der Waals surface area contributed by atoms with Crippen molar-refractivity contribution < 1.29 is 0 Å². The van der Waals surface area contributed by atoms with E-state index in [0.29, 0.717) is 5.92 Å². The molecule has 0 saturated carbocycles. The number of fused-ring (bicyclic) bond motifs is 17. The van der Waals surface area contributed by atoms with Crippen LogP contribution in [0, 0.1) is 5.92 Å². The molecule has 252 valence electrons. The third-order valence-corrected chi connectivity index (χ3v) is 14.1. The van der Waals surface area contributed by atoms with Crippen LogP contribution in [0.2, 0.25) is 0 Å². The van der Waals surface area contributed by atoms with Crippen LogP contribution in [-0.2, 0) is 10.8 Å². The lowest BCUT2D eigenvalue weighted by Crippen LogP contribution is -2.40. The first kappa shape index (κ1) is 29.2. The van der Waals surface area contributed by atoms with Gasteiger partial charge in [-0.1, -0.05) is 153 Å². The summed E-state index contributed by atoms with van der Waals surface area (Å²) in [6.45, 7) is 4.72. The molecule has 0 heterocycles. The Morgan fingerprint density at radius 3 is 1.70 bits per heavy atom. The van der Waals surface area contributed by atoms with Crippen molar-refractivity contribution in [1.82, 2.24) is 0 Å². The third-order valence-electron chi connectivity index (χ3n) is 14.1. The van der Waals surface area contributed by atoms with Crippen molar-refractivity contribution in [3.8, 4) is 44.5 Å². The molecule has 5 aliphatic rings. The van der Waals surface area contributed by atoms with E-state index in [1.54, 1.807) is 0 Å². The van der Waals surface area contributed by atoms with Gasteiger partial charge in [0.25, 0.3) is 0 Å². The molecule has 1 spiro atoms. The first-order chi connectivity index (χ1) is 26.5. The minimum Gasteiger partial charge on any atom is -0.0619 e. The zero-order valence-corrected chi connectivity index (χ0v) is 30.4. The molecule has 8 aromatic carbocycles. The standard InChI is InChI=1S/C54H36/c1-53(2)45-18-7-3-14-37(45)43-28-32(24-25-46(43)53)31-22-23-33-27-41-38-16-11-17-40-51(38)44(42(41)29-34(33)26-31)30-50-52(40)39-15-6-10-21-49(39)54(50)47-19-8-4-12-35(47)36-13-5-9-20-48(36)54/h3-29,50H,30H2,1-2H3. The van der Waals surface area contributed by atoms with Gasteiger partial charge in [0.05, 0.1) is 5.41 Å². The molecule has 0 saturated heterocycles. The Morgan fingerprint density at radius 2 is 0.963 bits per heavy atom. The Kier molecular flexibility index (Phi) is 5.33. The molecule has 0 nitrogen and oxygen atoms in total. The second kappa shape index (κ2) is 9.84. The van der Waals surface area contributed by atoms with E-state index in [9.17, 15) is 0 Å². The fourth-order valence-corrected chi connectivity index (χ4v) is 11.9. The molecule has 13 rings (SSSR count). The predicted molar refractivity (Wildman–Crippen MR) is 223 cm³/mol. The molecule has 0 bridgehead atoms. The molecule has 54 heavy (non-hydrogen) atoms. The van der Waals surface area contributed by atoms with Crippen LogP contribution >= 0.6 is 0 Å². The van der Waals surface area contributed by atoms with Crippen molar-refractivity contribution >= 4 is 21.9 Å². The van der Waals surface area contributed by atoms with Crippen LogP contribution in [0.5, 0.6) is 0 Å². The second-order valence-corrected chi connectivity index (χ2v) is 16.7. The highest BCUT2D eigenvalue weighted by Crippen LogP contribution is 2.65. The minimum atomic E-state index is -0.229. The van der Waals surface area contributed by atoms with Crippen molar-refractivity contribution in [3.63, 3.8) is 0 Å². The molecular weight excluding hydrogens is 649 g/mol. The second-order valence-electron chi connectivity index (χ2n) is 16.7. The van der Waals surface area contributed by atoms with Crippen LogP contribution in [0.4, 0.5) is 0 Å². The highest BCUT2D eigenvalue weighted by atomic mass is 14.6. The number of rotatable bonds is 1. The van der Waals surface area contributed by atoms with Crippen molar-refractivity contribution in [2.45, 2.75) is 31.1 Å². The summed E-state index contributed by atoms with van der Waals surface area (Å²) in [7, 11) is 0. The van der Waals surface area contributed by atoms with Gasteiger partial charge in [0.1, 0.15) is 0 Å². The van der Waals surface area contributed by atoms with E-state index in [2.05, 4.69) is 178 Å².